The van der Waals surface area contributed by atoms with Crippen LogP contribution < -0.4 is 5.73 Å². The van der Waals surface area contributed by atoms with E-state index in [2.05, 4.69) is 11.7 Å². The van der Waals surface area contributed by atoms with Crippen molar-refractivity contribution in [2.45, 2.75) is 110 Å². The summed E-state index contributed by atoms with van der Waals surface area (Å²) in [5.74, 6) is -0.476. The van der Waals surface area contributed by atoms with Crippen molar-refractivity contribution >= 4 is 11.9 Å². The van der Waals surface area contributed by atoms with Crippen LogP contribution in [0.25, 0.3) is 0 Å². The number of unbranched alkanes of at least 4 members (excludes halogenated alkanes) is 15. The lowest BCUT2D eigenvalue weighted by molar-refractivity contribution is 0.0736. The van der Waals surface area contributed by atoms with Gasteiger partial charge in [-0.15, -0.1) is 0 Å². The number of fused-ring (bicyclic) bond motifs is 1. The predicted octanol–water partition coefficient (Wildman–Crippen LogP) is 7.39. The van der Waals surface area contributed by atoms with Crippen molar-refractivity contribution < 1.29 is 9.53 Å². The maximum Gasteiger partial charge on any atom is 0.345 e. The Morgan fingerprint density at radius 2 is 1.10 bits per heavy atom. The first-order chi connectivity index (χ1) is 14.7. The number of carbonyl (C=O) groups excluding carboxylic acids is 1. The van der Waals surface area contributed by atoms with Gasteiger partial charge in [-0.05, 0) is 25.1 Å². The van der Waals surface area contributed by atoms with Gasteiger partial charge in [-0.2, -0.15) is 0 Å². The summed E-state index contributed by atoms with van der Waals surface area (Å²) in [4.78, 5) is 10.9. The lowest BCUT2D eigenvalue weighted by Crippen LogP contribution is -1.97. The Kier molecular flexibility index (Phi) is 15.9. The molecular weight excluding hydrogens is 372 g/mol. The van der Waals surface area contributed by atoms with E-state index in [9.17, 15) is 4.79 Å². The monoisotopic (exact) mass is 416 g/mol. The summed E-state index contributed by atoms with van der Waals surface area (Å²) >= 11 is 0. The molecule has 1 aliphatic heterocycles. The van der Waals surface area contributed by atoms with Gasteiger partial charge in [0, 0.05) is 0 Å². The molecule has 2 rings (SSSR count). The molecule has 0 spiro atoms. The number of esters is 1. The minimum Gasteiger partial charge on any atom is -0.404 e. The smallest absolute Gasteiger partial charge is 0.345 e. The average molecular weight is 417 g/mol. The maximum atomic E-state index is 10.9. The van der Waals surface area contributed by atoms with Gasteiger partial charge in [-0.1, -0.05) is 115 Å². The summed E-state index contributed by atoms with van der Waals surface area (Å²) in [6.45, 7) is 3.16. The molecule has 0 bridgehead atoms. The zero-order valence-electron chi connectivity index (χ0n) is 19.2. The molecule has 1 heterocycles. The van der Waals surface area contributed by atoms with Gasteiger partial charge in [0.05, 0.1) is 11.1 Å². The van der Waals surface area contributed by atoms with E-state index in [1.165, 1.54) is 103 Å². The van der Waals surface area contributed by atoms with Crippen LogP contribution >= 0.6 is 0 Å². The van der Waals surface area contributed by atoms with Gasteiger partial charge in [-0.25, -0.2) is 4.79 Å². The molecule has 4 heteroatoms. The fraction of sp³-hybridized carbons (Fsp3) is 0.692. The lowest BCUT2D eigenvalue weighted by atomic mass is 10.0. The molecule has 0 aliphatic carbocycles. The number of hydrogen-bond donors (Lipinski definition) is 2. The fourth-order valence-corrected chi connectivity index (χ4v) is 3.75. The second kappa shape index (κ2) is 18.1. The second-order valence-electron chi connectivity index (χ2n) is 8.36. The van der Waals surface area contributed by atoms with Crippen molar-refractivity contribution in [2.75, 3.05) is 6.54 Å². The molecule has 0 unspecified atom stereocenters. The summed E-state index contributed by atoms with van der Waals surface area (Å²) in [6, 6.07) is 6.87. The number of hydrogen-bond acceptors (Lipinski definition) is 4. The Labute approximate surface area is 184 Å². The minimum absolute atomic E-state index is 0.0504. The van der Waals surface area contributed by atoms with E-state index in [0.717, 1.165) is 6.54 Å². The molecule has 3 N–H and O–H groups in total. The second-order valence-corrected chi connectivity index (χ2v) is 8.36. The van der Waals surface area contributed by atoms with Gasteiger partial charge in [-0.3, -0.25) is 5.41 Å². The van der Waals surface area contributed by atoms with Crippen LogP contribution in [-0.2, 0) is 4.74 Å². The summed E-state index contributed by atoms with van der Waals surface area (Å²) in [5, 5.41) is 7.22. The summed E-state index contributed by atoms with van der Waals surface area (Å²) in [7, 11) is 0. The SMILES string of the molecule is CCCCCCCCCCCCCCCCCCN.N=C1OC(=O)c2ccccc21. The Balaban J connectivity index is 0.000000340. The van der Waals surface area contributed by atoms with E-state index in [0.29, 0.717) is 11.1 Å². The number of rotatable bonds is 16. The minimum atomic E-state index is -0.425. The highest BCUT2D eigenvalue weighted by Crippen LogP contribution is 2.18. The highest BCUT2D eigenvalue weighted by Gasteiger charge is 2.25. The molecule has 4 nitrogen and oxygen atoms in total. The summed E-state index contributed by atoms with van der Waals surface area (Å²) in [6.07, 6.45) is 22.9. The van der Waals surface area contributed by atoms with Crippen LogP contribution in [0.5, 0.6) is 0 Å². The molecule has 0 fully saturated rings. The van der Waals surface area contributed by atoms with Crippen molar-refractivity contribution in [2.24, 2.45) is 5.73 Å². The Morgan fingerprint density at radius 3 is 1.50 bits per heavy atom. The van der Waals surface area contributed by atoms with E-state index < -0.39 is 5.97 Å². The number of carbonyl (C=O) groups is 1. The van der Waals surface area contributed by atoms with Crippen molar-refractivity contribution in [1.29, 1.82) is 5.41 Å². The number of benzene rings is 1. The molecule has 1 aromatic rings. The van der Waals surface area contributed by atoms with Gasteiger partial charge in [0.2, 0.25) is 5.90 Å². The van der Waals surface area contributed by atoms with Gasteiger partial charge in [0.1, 0.15) is 0 Å². The van der Waals surface area contributed by atoms with Crippen LogP contribution in [0.3, 0.4) is 0 Å². The summed E-state index contributed by atoms with van der Waals surface area (Å²) in [5.41, 5.74) is 6.55. The molecule has 1 aliphatic rings. The molecule has 0 amide bonds. The number of ether oxygens (including phenoxy) is 1. The van der Waals surface area contributed by atoms with Gasteiger partial charge in [0.25, 0.3) is 0 Å². The third-order valence-corrected chi connectivity index (χ3v) is 5.64. The van der Waals surface area contributed by atoms with Gasteiger partial charge in [0.15, 0.2) is 0 Å². The van der Waals surface area contributed by atoms with Crippen LogP contribution in [0.2, 0.25) is 0 Å². The fourth-order valence-electron chi connectivity index (χ4n) is 3.75. The molecule has 0 saturated carbocycles. The Morgan fingerprint density at radius 1 is 0.700 bits per heavy atom. The predicted molar refractivity (Wildman–Crippen MR) is 127 cm³/mol. The number of cyclic esters (lactones) is 1. The van der Waals surface area contributed by atoms with Crippen molar-refractivity contribution in [3.63, 3.8) is 0 Å². The van der Waals surface area contributed by atoms with E-state index >= 15 is 0 Å². The Hall–Kier alpha value is -1.68. The van der Waals surface area contributed by atoms with E-state index in [-0.39, 0.29) is 5.90 Å². The average Bonchev–Trinajstić information content (AvgIpc) is 3.05. The first-order valence-electron chi connectivity index (χ1n) is 12.3. The molecular formula is C26H44N2O2. The zero-order valence-corrected chi connectivity index (χ0v) is 19.2. The molecule has 30 heavy (non-hydrogen) atoms. The van der Waals surface area contributed by atoms with E-state index in [1.54, 1.807) is 24.3 Å². The third-order valence-electron chi connectivity index (χ3n) is 5.64. The molecule has 0 atom stereocenters. The largest absolute Gasteiger partial charge is 0.404 e. The third kappa shape index (κ3) is 12.1. The van der Waals surface area contributed by atoms with E-state index in [1.807, 2.05) is 0 Å². The highest BCUT2D eigenvalue weighted by molar-refractivity contribution is 6.15. The van der Waals surface area contributed by atoms with Gasteiger partial charge >= 0.3 is 5.97 Å². The quantitative estimate of drug-likeness (QED) is 0.218. The van der Waals surface area contributed by atoms with Crippen molar-refractivity contribution in [1.82, 2.24) is 0 Å². The first-order valence-corrected chi connectivity index (χ1v) is 12.3. The molecule has 0 saturated heterocycles. The number of nitrogens with one attached hydrogen (secondary N) is 1. The molecule has 1 aromatic carbocycles. The van der Waals surface area contributed by atoms with Crippen LogP contribution in [-0.4, -0.2) is 18.4 Å². The van der Waals surface area contributed by atoms with Crippen LogP contribution in [0.1, 0.15) is 126 Å². The van der Waals surface area contributed by atoms with Crippen molar-refractivity contribution in [3.05, 3.63) is 35.4 Å². The first kappa shape index (κ1) is 26.4. The molecule has 0 radical (unpaired) electrons. The topological polar surface area (TPSA) is 76.2 Å². The highest BCUT2D eigenvalue weighted by atomic mass is 16.5. The van der Waals surface area contributed by atoms with Crippen molar-refractivity contribution in [3.8, 4) is 0 Å². The maximum absolute atomic E-state index is 10.9. The van der Waals surface area contributed by atoms with Crippen LogP contribution in [0.4, 0.5) is 0 Å². The number of nitrogens with two attached hydrogens (primary N) is 1. The molecule has 0 aromatic heterocycles. The van der Waals surface area contributed by atoms with Gasteiger partial charge < -0.3 is 10.5 Å². The van der Waals surface area contributed by atoms with E-state index in [4.69, 9.17) is 11.1 Å². The standard InChI is InChI=1S/C18H39N.C8H5NO2/c1-2-3-4-5-6-7-8-9-10-11-12-13-14-15-16-17-18-19;9-7-5-3-1-2-4-6(5)8(10)11-7/h2-19H2,1H3;1-4,9H. The van der Waals surface area contributed by atoms with Crippen LogP contribution in [0, 0.1) is 5.41 Å². The Bertz CT molecular complexity index is 537. The lowest BCUT2D eigenvalue weighted by Gasteiger charge is -2.03. The van der Waals surface area contributed by atoms with Crippen LogP contribution in [0.15, 0.2) is 24.3 Å². The zero-order chi connectivity index (χ0) is 21.9. The molecule has 170 valence electrons. The normalized spacial score (nSPS) is 12.3. The summed E-state index contributed by atoms with van der Waals surface area (Å²) < 4.78 is 4.58.